The molecular formula is C16H17N3O. The second kappa shape index (κ2) is 5.74. The predicted molar refractivity (Wildman–Crippen MR) is 79.8 cm³/mol. The highest BCUT2D eigenvalue weighted by molar-refractivity contribution is 5.92. The fourth-order valence-corrected chi connectivity index (χ4v) is 2.45. The molecule has 3 rings (SSSR count). The number of carbonyl (C=O) groups excluding carboxylic acids is 1. The molecule has 0 saturated carbocycles. The average Bonchev–Trinajstić information content (AvgIpc) is 2.48. The van der Waals surface area contributed by atoms with Gasteiger partial charge in [0, 0.05) is 30.3 Å². The minimum Gasteiger partial charge on any atom is -0.385 e. The number of anilines is 2. The third-order valence-electron chi connectivity index (χ3n) is 3.41. The summed E-state index contributed by atoms with van der Waals surface area (Å²) in [7, 11) is 0. The van der Waals surface area contributed by atoms with E-state index in [-0.39, 0.29) is 5.91 Å². The zero-order valence-corrected chi connectivity index (χ0v) is 11.2. The molecule has 0 aliphatic carbocycles. The topological polar surface area (TPSA) is 54.0 Å². The van der Waals surface area contributed by atoms with Crippen LogP contribution < -0.4 is 10.6 Å². The summed E-state index contributed by atoms with van der Waals surface area (Å²) in [5.41, 5.74) is 4.24. The van der Waals surface area contributed by atoms with E-state index in [1.807, 2.05) is 24.3 Å². The standard InChI is InChI=1S/C16H17N3O/c20-16(9-12-3-1-7-17-11-12)19-14-5-6-15-13(10-14)4-2-8-18-15/h1,3,5-7,10-11,18H,2,4,8-9H2,(H,19,20). The van der Waals surface area contributed by atoms with E-state index >= 15 is 0 Å². The van der Waals surface area contributed by atoms with Crippen molar-refractivity contribution in [3.8, 4) is 0 Å². The van der Waals surface area contributed by atoms with Crippen LogP contribution in [0.15, 0.2) is 42.7 Å². The van der Waals surface area contributed by atoms with Gasteiger partial charge in [-0.05, 0) is 48.2 Å². The molecule has 2 N–H and O–H groups in total. The van der Waals surface area contributed by atoms with Gasteiger partial charge in [0.05, 0.1) is 6.42 Å². The number of hydrogen-bond donors (Lipinski definition) is 2. The van der Waals surface area contributed by atoms with Crippen molar-refractivity contribution in [3.05, 3.63) is 53.9 Å². The number of rotatable bonds is 3. The van der Waals surface area contributed by atoms with Gasteiger partial charge < -0.3 is 10.6 Å². The largest absolute Gasteiger partial charge is 0.385 e. The molecule has 102 valence electrons. The van der Waals surface area contributed by atoms with Crippen LogP contribution in [0.3, 0.4) is 0 Å². The number of fused-ring (bicyclic) bond motifs is 1. The Bertz CT molecular complexity index is 610. The predicted octanol–water partition coefficient (Wildman–Crippen LogP) is 2.62. The van der Waals surface area contributed by atoms with Crippen LogP contribution in [0.5, 0.6) is 0 Å². The van der Waals surface area contributed by atoms with E-state index in [1.165, 1.54) is 11.3 Å². The van der Waals surface area contributed by atoms with Crippen molar-refractivity contribution >= 4 is 17.3 Å². The summed E-state index contributed by atoms with van der Waals surface area (Å²) in [5, 5.41) is 6.31. The molecule has 1 amide bonds. The summed E-state index contributed by atoms with van der Waals surface area (Å²) in [6.45, 7) is 1.03. The third kappa shape index (κ3) is 2.96. The number of amides is 1. The summed E-state index contributed by atoms with van der Waals surface area (Å²) in [6, 6.07) is 9.78. The van der Waals surface area contributed by atoms with Crippen LogP contribution in [0.25, 0.3) is 0 Å². The van der Waals surface area contributed by atoms with Crippen LogP contribution in [0.4, 0.5) is 11.4 Å². The summed E-state index contributed by atoms with van der Waals surface area (Å²) in [4.78, 5) is 16.0. The Morgan fingerprint density at radius 2 is 2.30 bits per heavy atom. The number of nitrogens with zero attached hydrogens (tertiary/aromatic N) is 1. The van der Waals surface area contributed by atoms with Crippen LogP contribution in [0, 0.1) is 0 Å². The minimum absolute atomic E-state index is 0.0123. The maximum absolute atomic E-state index is 12.0. The van der Waals surface area contributed by atoms with Crippen molar-refractivity contribution in [2.24, 2.45) is 0 Å². The number of aromatic nitrogens is 1. The Balaban J connectivity index is 1.67. The van der Waals surface area contributed by atoms with E-state index in [0.29, 0.717) is 6.42 Å². The second-order valence-electron chi connectivity index (χ2n) is 4.99. The van der Waals surface area contributed by atoms with Gasteiger partial charge in [0.2, 0.25) is 5.91 Å². The maximum atomic E-state index is 12.0. The molecule has 1 aliphatic heterocycles. The molecule has 0 radical (unpaired) electrons. The normalized spacial score (nSPS) is 13.2. The molecule has 1 aromatic carbocycles. The maximum Gasteiger partial charge on any atom is 0.228 e. The lowest BCUT2D eigenvalue weighted by Crippen LogP contribution is -2.16. The number of hydrogen-bond acceptors (Lipinski definition) is 3. The minimum atomic E-state index is -0.0123. The van der Waals surface area contributed by atoms with Crippen molar-refractivity contribution < 1.29 is 4.79 Å². The first-order valence-electron chi connectivity index (χ1n) is 6.87. The first-order valence-corrected chi connectivity index (χ1v) is 6.87. The molecule has 0 bridgehead atoms. The first kappa shape index (κ1) is 12.7. The van der Waals surface area contributed by atoms with Gasteiger partial charge in [0.15, 0.2) is 0 Å². The average molecular weight is 267 g/mol. The Labute approximate surface area is 118 Å². The Kier molecular flexibility index (Phi) is 3.63. The molecule has 2 heterocycles. The van der Waals surface area contributed by atoms with Gasteiger partial charge in [-0.1, -0.05) is 6.07 Å². The molecule has 0 fully saturated rings. The molecule has 20 heavy (non-hydrogen) atoms. The van der Waals surface area contributed by atoms with Gasteiger partial charge >= 0.3 is 0 Å². The molecule has 4 heteroatoms. The van der Waals surface area contributed by atoms with Gasteiger partial charge in [-0.3, -0.25) is 9.78 Å². The SMILES string of the molecule is O=C(Cc1cccnc1)Nc1ccc2c(c1)CCCN2. The second-order valence-corrected chi connectivity index (χ2v) is 4.99. The van der Waals surface area contributed by atoms with Gasteiger partial charge in [0.1, 0.15) is 0 Å². The lowest BCUT2D eigenvalue weighted by molar-refractivity contribution is -0.115. The monoisotopic (exact) mass is 267 g/mol. The van der Waals surface area contributed by atoms with E-state index in [0.717, 1.165) is 30.6 Å². The van der Waals surface area contributed by atoms with Crippen LogP contribution in [0.2, 0.25) is 0 Å². The Hall–Kier alpha value is -2.36. The number of nitrogens with one attached hydrogen (secondary N) is 2. The van der Waals surface area contributed by atoms with Crippen LogP contribution >= 0.6 is 0 Å². The van der Waals surface area contributed by atoms with Crippen molar-refractivity contribution in [2.75, 3.05) is 17.2 Å². The van der Waals surface area contributed by atoms with E-state index in [2.05, 4.69) is 21.7 Å². The van der Waals surface area contributed by atoms with Gasteiger partial charge in [-0.2, -0.15) is 0 Å². The highest BCUT2D eigenvalue weighted by atomic mass is 16.1. The zero-order valence-electron chi connectivity index (χ0n) is 11.2. The number of carbonyl (C=O) groups is 1. The Morgan fingerprint density at radius 3 is 3.15 bits per heavy atom. The van der Waals surface area contributed by atoms with E-state index in [1.54, 1.807) is 12.4 Å². The van der Waals surface area contributed by atoms with Crippen molar-refractivity contribution in [1.82, 2.24) is 4.98 Å². The fraction of sp³-hybridized carbons (Fsp3) is 0.250. The zero-order chi connectivity index (χ0) is 13.8. The van der Waals surface area contributed by atoms with Gasteiger partial charge in [-0.25, -0.2) is 0 Å². The highest BCUT2D eigenvalue weighted by Crippen LogP contribution is 2.25. The molecular weight excluding hydrogens is 250 g/mol. The molecule has 0 saturated heterocycles. The third-order valence-corrected chi connectivity index (χ3v) is 3.41. The molecule has 2 aromatic rings. The van der Waals surface area contributed by atoms with Gasteiger partial charge in [-0.15, -0.1) is 0 Å². The van der Waals surface area contributed by atoms with Crippen LogP contribution in [-0.2, 0) is 17.6 Å². The molecule has 1 aliphatic rings. The van der Waals surface area contributed by atoms with E-state index in [4.69, 9.17) is 0 Å². The lowest BCUT2D eigenvalue weighted by Gasteiger charge is -2.18. The molecule has 0 atom stereocenters. The van der Waals surface area contributed by atoms with Crippen molar-refractivity contribution in [3.63, 3.8) is 0 Å². The lowest BCUT2D eigenvalue weighted by atomic mass is 10.0. The van der Waals surface area contributed by atoms with Crippen LogP contribution in [-0.4, -0.2) is 17.4 Å². The van der Waals surface area contributed by atoms with Crippen molar-refractivity contribution in [1.29, 1.82) is 0 Å². The number of benzene rings is 1. The Morgan fingerprint density at radius 1 is 1.35 bits per heavy atom. The number of aryl methyl sites for hydroxylation is 1. The summed E-state index contributed by atoms with van der Waals surface area (Å²) < 4.78 is 0. The smallest absolute Gasteiger partial charge is 0.228 e. The molecule has 0 spiro atoms. The molecule has 0 unspecified atom stereocenters. The summed E-state index contributed by atoms with van der Waals surface area (Å²) in [5.74, 6) is -0.0123. The quantitative estimate of drug-likeness (QED) is 0.898. The van der Waals surface area contributed by atoms with E-state index < -0.39 is 0 Å². The number of pyridine rings is 1. The van der Waals surface area contributed by atoms with Gasteiger partial charge in [0.25, 0.3) is 0 Å². The fourth-order valence-electron chi connectivity index (χ4n) is 2.45. The first-order chi connectivity index (χ1) is 9.81. The van der Waals surface area contributed by atoms with Crippen LogP contribution in [0.1, 0.15) is 17.5 Å². The van der Waals surface area contributed by atoms with E-state index in [9.17, 15) is 4.79 Å². The molecule has 1 aromatic heterocycles. The van der Waals surface area contributed by atoms with Crippen molar-refractivity contribution in [2.45, 2.75) is 19.3 Å². The summed E-state index contributed by atoms with van der Waals surface area (Å²) in [6.07, 6.45) is 5.98. The summed E-state index contributed by atoms with van der Waals surface area (Å²) >= 11 is 0. The molecule has 4 nitrogen and oxygen atoms in total. The highest BCUT2D eigenvalue weighted by Gasteiger charge is 2.10.